The molecule has 1 aliphatic heterocycles. The first-order valence-corrected chi connectivity index (χ1v) is 13.5. The second-order valence-electron chi connectivity index (χ2n) is 9.37. The number of alkyl halides is 6. The normalized spacial score (nSPS) is 18.4. The van der Waals surface area contributed by atoms with Crippen molar-refractivity contribution >= 4 is 15.9 Å². The van der Waals surface area contributed by atoms with Gasteiger partial charge >= 0.3 is 12.4 Å². The van der Waals surface area contributed by atoms with Gasteiger partial charge in [0.1, 0.15) is 11.9 Å². The first-order chi connectivity index (χ1) is 19.1. The summed E-state index contributed by atoms with van der Waals surface area (Å²) < 4.78 is 119. The molecule has 0 unspecified atom stereocenters. The van der Waals surface area contributed by atoms with Gasteiger partial charge in [-0.05, 0) is 61.2 Å². The van der Waals surface area contributed by atoms with Crippen LogP contribution in [0, 0.1) is 5.82 Å². The van der Waals surface area contributed by atoms with Gasteiger partial charge in [0.05, 0.1) is 17.0 Å². The lowest BCUT2D eigenvalue weighted by Gasteiger charge is -2.27. The van der Waals surface area contributed by atoms with Crippen LogP contribution in [0.25, 0.3) is 11.3 Å². The van der Waals surface area contributed by atoms with Crippen LogP contribution in [0.4, 0.5) is 30.7 Å². The summed E-state index contributed by atoms with van der Waals surface area (Å²) in [5, 5.41) is 2.48. The Morgan fingerprint density at radius 1 is 0.976 bits per heavy atom. The summed E-state index contributed by atoms with van der Waals surface area (Å²) in [5.41, 5.74) is -0.390. The Bertz CT molecular complexity index is 1510. The van der Waals surface area contributed by atoms with E-state index >= 15 is 0 Å². The van der Waals surface area contributed by atoms with Crippen molar-refractivity contribution in [3.05, 3.63) is 71.7 Å². The summed E-state index contributed by atoms with van der Waals surface area (Å²) in [6.07, 6.45) is -7.85. The van der Waals surface area contributed by atoms with Gasteiger partial charge in [0.25, 0.3) is 0 Å². The SMILES string of the molecule is C[C@H]1CC[C@@H](C(=O)NCc2cc(-c3cnc(C(F)(F)F)nc3)ncc2CC(F)(F)F)N1S(=O)(=O)c1ccc(F)cc1. The van der Waals surface area contributed by atoms with Gasteiger partial charge in [-0.2, -0.15) is 30.6 Å². The number of nitrogens with one attached hydrogen (secondary N) is 1. The smallest absolute Gasteiger partial charge is 0.351 e. The molecule has 41 heavy (non-hydrogen) atoms. The van der Waals surface area contributed by atoms with Gasteiger partial charge in [0, 0.05) is 36.7 Å². The molecule has 1 amide bonds. The quantitative estimate of drug-likeness (QED) is 0.393. The molecule has 3 aromatic rings. The molecule has 0 radical (unpaired) electrons. The van der Waals surface area contributed by atoms with Gasteiger partial charge in [0.15, 0.2) is 0 Å². The van der Waals surface area contributed by atoms with Crippen LogP contribution in [0.3, 0.4) is 0 Å². The fraction of sp³-hybridized carbons (Fsp3) is 0.360. The molecule has 16 heteroatoms. The predicted molar refractivity (Wildman–Crippen MR) is 130 cm³/mol. The van der Waals surface area contributed by atoms with E-state index in [4.69, 9.17) is 0 Å². The highest BCUT2D eigenvalue weighted by Crippen LogP contribution is 2.32. The third-order valence-electron chi connectivity index (χ3n) is 6.42. The Morgan fingerprint density at radius 2 is 1.61 bits per heavy atom. The molecule has 0 bridgehead atoms. The number of halogens is 7. The number of carbonyl (C=O) groups excluding carboxylic acids is 1. The van der Waals surface area contributed by atoms with Crippen LogP contribution in [-0.4, -0.2) is 51.8 Å². The van der Waals surface area contributed by atoms with Gasteiger partial charge in [0.2, 0.25) is 21.8 Å². The molecule has 4 rings (SSSR count). The van der Waals surface area contributed by atoms with Crippen LogP contribution in [0.2, 0.25) is 0 Å². The number of nitrogens with zero attached hydrogens (tertiary/aromatic N) is 4. The number of hydrogen-bond donors (Lipinski definition) is 1. The van der Waals surface area contributed by atoms with Gasteiger partial charge in [-0.15, -0.1) is 0 Å². The zero-order chi connectivity index (χ0) is 30.2. The molecule has 0 saturated carbocycles. The topological polar surface area (TPSA) is 105 Å². The standard InChI is InChI=1S/C25H22F7N5O3S/c1-14-2-7-21(37(14)41(39,40)19-5-3-18(26)4-6-19)22(38)34-10-15-8-20(33-11-16(15)9-24(27,28)29)17-12-35-23(36-13-17)25(30,31)32/h3-6,8,11-14,21H,2,7,9-10H2,1H3,(H,34,38)/t14-,21-/m0/s1. The minimum atomic E-state index is -4.80. The number of carbonyl (C=O) groups is 1. The van der Waals surface area contributed by atoms with Crippen molar-refractivity contribution in [2.45, 2.75) is 62.1 Å². The summed E-state index contributed by atoms with van der Waals surface area (Å²) in [6.45, 7) is 1.13. The summed E-state index contributed by atoms with van der Waals surface area (Å²) >= 11 is 0. The lowest BCUT2D eigenvalue weighted by atomic mass is 10.0. The van der Waals surface area contributed by atoms with Crippen LogP contribution >= 0.6 is 0 Å². The van der Waals surface area contributed by atoms with Crippen molar-refractivity contribution in [2.24, 2.45) is 0 Å². The second-order valence-corrected chi connectivity index (χ2v) is 11.2. The molecule has 1 N–H and O–H groups in total. The monoisotopic (exact) mass is 605 g/mol. The lowest BCUT2D eigenvalue weighted by molar-refractivity contribution is -0.145. The molecular formula is C25H22F7N5O3S. The van der Waals surface area contributed by atoms with Gasteiger partial charge in [-0.3, -0.25) is 9.78 Å². The molecule has 1 saturated heterocycles. The summed E-state index contributed by atoms with van der Waals surface area (Å²) in [6, 6.07) is 3.46. The van der Waals surface area contributed by atoms with Crippen molar-refractivity contribution in [1.82, 2.24) is 24.6 Å². The lowest BCUT2D eigenvalue weighted by Crippen LogP contribution is -2.48. The third-order valence-corrected chi connectivity index (χ3v) is 8.46. The predicted octanol–water partition coefficient (Wildman–Crippen LogP) is 4.66. The zero-order valence-electron chi connectivity index (χ0n) is 21.2. The average molecular weight is 606 g/mol. The van der Waals surface area contributed by atoms with Crippen LogP contribution in [0.15, 0.2) is 53.8 Å². The number of pyridine rings is 1. The van der Waals surface area contributed by atoms with E-state index in [1.807, 2.05) is 0 Å². The molecule has 220 valence electrons. The van der Waals surface area contributed by atoms with Gasteiger partial charge < -0.3 is 5.32 Å². The Labute approximate surface area is 229 Å². The van der Waals surface area contributed by atoms with Crippen LogP contribution in [0.5, 0.6) is 0 Å². The molecule has 8 nitrogen and oxygen atoms in total. The van der Waals surface area contributed by atoms with E-state index in [0.717, 1.165) is 53.2 Å². The highest BCUT2D eigenvalue weighted by molar-refractivity contribution is 7.89. The summed E-state index contributed by atoms with van der Waals surface area (Å²) in [7, 11) is -4.22. The molecule has 1 aliphatic rings. The highest BCUT2D eigenvalue weighted by atomic mass is 32.2. The van der Waals surface area contributed by atoms with Crippen molar-refractivity contribution in [3.63, 3.8) is 0 Å². The Hall–Kier alpha value is -3.66. The molecule has 2 atom stereocenters. The van der Waals surface area contributed by atoms with Gasteiger partial charge in [-0.1, -0.05) is 0 Å². The maximum atomic E-state index is 13.3. The van der Waals surface area contributed by atoms with E-state index < -0.39 is 65.0 Å². The largest absolute Gasteiger partial charge is 0.451 e. The summed E-state index contributed by atoms with van der Waals surface area (Å²) in [4.78, 5) is 23.3. The molecule has 3 heterocycles. The molecule has 1 fully saturated rings. The van der Waals surface area contributed by atoms with E-state index in [-0.39, 0.29) is 33.7 Å². The minimum Gasteiger partial charge on any atom is -0.351 e. The first-order valence-electron chi connectivity index (χ1n) is 12.1. The van der Waals surface area contributed by atoms with Crippen molar-refractivity contribution in [3.8, 4) is 11.3 Å². The number of rotatable bonds is 7. The Morgan fingerprint density at radius 3 is 2.20 bits per heavy atom. The molecule has 0 spiro atoms. The van der Waals surface area contributed by atoms with E-state index in [2.05, 4.69) is 20.3 Å². The Balaban J connectivity index is 1.59. The maximum absolute atomic E-state index is 13.3. The summed E-state index contributed by atoms with van der Waals surface area (Å²) in [5.74, 6) is -2.83. The molecule has 2 aromatic heterocycles. The fourth-order valence-electron chi connectivity index (χ4n) is 4.47. The number of benzene rings is 1. The molecule has 0 aliphatic carbocycles. The number of hydrogen-bond acceptors (Lipinski definition) is 6. The van der Waals surface area contributed by atoms with Gasteiger partial charge in [-0.25, -0.2) is 22.8 Å². The number of aromatic nitrogens is 3. The average Bonchev–Trinajstić information content (AvgIpc) is 3.29. The molecular weight excluding hydrogens is 583 g/mol. The number of amides is 1. The fourth-order valence-corrected chi connectivity index (χ4v) is 6.31. The minimum absolute atomic E-state index is 0.00896. The molecule has 1 aromatic carbocycles. The zero-order valence-corrected chi connectivity index (χ0v) is 22.0. The highest BCUT2D eigenvalue weighted by Gasteiger charge is 2.43. The van der Waals surface area contributed by atoms with E-state index in [9.17, 15) is 43.9 Å². The van der Waals surface area contributed by atoms with Crippen molar-refractivity contribution in [2.75, 3.05) is 0 Å². The third kappa shape index (κ3) is 6.98. The van der Waals surface area contributed by atoms with E-state index in [1.54, 1.807) is 6.92 Å². The van der Waals surface area contributed by atoms with Crippen LogP contribution in [-0.2, 0) is 34.0 Å². The second kappa shape index (κ2) is 11.3. The van der Waals surface area contributed by atoms with E-state index in [1.165, 1.54) is 0 Å². The van der Waals surface area contributed by atoms with Crippen LogP contribution < -0.4 is 5.32 Å². The number of sulfonamides is 1. The Kier molecular flexibility index (Phi) is 8.36. The maximum Gasteiger partial charge on any atom is 0.451 e. The van der Waals surface area contributed by atoms with Crippen molar-refractivity contribution in [1.29, 1.82) is 0 Å². The van der Waals surface area contributed by atoms with Crippen LogP contribution in [0.1, 0.15) is 36.7 Å². The van der Waals surface area contributed by atoms with Crippen molar-refractivity contribution < 1.29 is 43.9 Å². The first kappa shape index (κ1) is 30.3. The van der Waals surface area contributed by atoms with E-state index in [0.29, 0.717) is 6.42 Å².